The monoisotopic (exact) mass is 309 g/mol. The Kier molecular flexibility index (Phi) is 3.81. The first-order valence-corrected chi connectivity index (χ1v) is 7.81. The summed E-state index contributed by atoms with van der Waals surface area (Å²) in [6, 6.07) is 3.80. The molecule has 0 radical (unpaired) electrons. The molecule has 21 heavy (non-hydrogen) atoms. The van der Waals surface area contributed by atoms with Gasteiger partial charge >= 0.3 is 7.12 Å². The number of aromatic nitrogens is 1. The number of hydrogen-bond acceptors (Lipinski definition) is 4. The molecule has 2 aliphatic heterocycles. The Morgan fingerprint density at radius 3 is 2.43 bits per heavy atom. The van der Waals surface area contributed by atoms with Crippen molar-refractivity contribution < 1.29 is 14.0 Å². The molecule has 1 unspecified atom stereocenters. The lowest BCUT2D eigenvalue weighted by atomic mass is 9.79. The Balaban J connectivity index is 1.89. The number of rotatable bonds is 2. The zero-order chi connectivity index (χ0) is 15.3. The molecule has 2 aliphatic rings. The third kappa shape index (κ3) is 2.84. The van der Waals surface area contributed by atoms with Crippen LogP contribution in [0, 0.1) is 0 Å². The standard InChI is InChI=1S/C15H21BClNO3/c1-14(2)15(3,4)21-16(20-14)10-8-11(18-13(17)9-10)12-6-5-7-19-12/h8-9,12H,5-7H2,1-4H3. The van der Waals surface area contributed by atoms with E-state index in [9.17, 15) is 0 Å². The second-order valence-corrected chi connectivity index (χ2v) is 7.13. The van der Waals surface area contributed by atoms with E-state index < -0.39 is 7.12 Å². The Morgan fingerprint density at radius 2 is 1.86 bits per heavy atom. The fourth-order valence-electron chi connectivity index (χ4n) is 2.63. The lowest BCUT2D eigenvalue weighted by Crippen LogP contribution is -2.41. The molecule has 0 saturated carbocycles. The van der Waals surface area contributed by atoms with Gasteiger partial charge in [0.25, 0.3) is 0 Å². The maximum atomic E-state index is 6.17. The van der Waals surface area contributed by atoms with Gasteiger partial charge in [-0.3, -0.25) is 0 Å². The van der Waals surface area contributed by atoms with Crippen LogP contribution in [0.3, 0.4) is 0 Å². The maximum Gasteiger partial charge on any atom is 0.495 e. The Labute approximate surface area is 131 Å². The molecule has 6 heteroatoms. The van der Waals surface area contributed by atoms with E-state index in [4.69, 9.17) is 25.6 Å². The SMILES string of the molecule is CC1(C)OB(c2cc(Cl)nc(C3CCCO3)c2)OC1(C)C. The van der Waals surface area contributed by atoms with Crippen molar-refractivity contribution in [3.05, 3.63) is 23.0 Å². The summed E-state index contributed by atoms with van der Waals surface area (Å²) in [4.78, 5) is 4.39. The minimum absolute atomic E-state index is 0.0323. The van der Waals surface area contributed by atoms with Gasteiger partial charge in [0.1, 0.15) is 5.15 Å². The van der Waals surface area contributed by atoms with E-state index in [1.165, 1.54) is 0 Å². The second-order valence-electron chi connectivity index (χ2n) is 6.74. The molecule has 0 N–H and O–H groups in total. The summed E-state index contributed by atoms with van der Waals surface area (Å²) in [6.07, 6.45) is 2.07. The van der Waals surface area contributed by atoms with Gasteiger partial charge in [-0.25, -0.2) is 4.98 Å². The Bertz CT molecular complexity index is 528. The molecular weight excluding hydrogens is 288 g/mol. The lowest BCUT2D eigenvalue weighted by Gasteiger charge is -2.32. The van der Waals surface area contributed by atoms with Crippen molar-refractivity contribution in [3.63, 3.8) is 0 Å². The smallest absolute Gasteiger partial charge is 0.399 e. The molecule has 3 rings (SSSR count). The highest BCUT2D eigenvalue weighted by Crippen LogP contribution is 2.37. The van der Waals surface area contributed by atoms with Crippen molar-refractivity contribution >= 4 is 24.2 Å². The first-order chi connectivity index (χ1) is 9.78. The highest BCUT2D eigenvalue weighted by molar-refractivity contribution is 6.62. The number of pyridine rings is 1. The summed E-state index contributed by atoms with van der Waals surface area (Å²) < 4.78 is 17.8. The predicted molar refractivity (Wildman–Crippen MR) is 82.9 cm³/mol. The van der Waals surface area contributed by atoms with Gasteiger partial charge in [-0.15, -0.1) is 0 Å². The number of nitrogens with zero attached hydrogens (tertiary/aromatic N) is 1. The van der Waals surface area contributed by atoms with Crippen LogP contribution in [0.15, 0.2) is 12.1 Å². The molecule has 2 fully saturated rings. The second kappa shape index (κ2) is 5.23. The first-order valence-electron chi connectivity index (χ1n) is 7.43. The molecule has 3 heterocycles. The molecule has 0 aromatic carbocycles. The Morgan fingerprint density at radius 1 is 1.19 bits per heavy atom. The average molecular weight is 310 g/mol. The van der Waals surface area contributed by atoms with Crippen molar-refractivity contribution in [3.8, 4) is 0 Å². The molecule has 0 spiro atoms. The number of halogens is 1. The zero-order valence-corrected chi connectivity index (χ0v) is 13.7. The zero-order valence-electron chi connectivity index (χ0n) is 13.0. The topological polar surface area (TPSA) is 40.6 Å². The molecule has 0 bridgehead atoms. The van der Waals surface area contributed by atoms with E-state index >= 15 is 0 Å². The summed E-state index contributed by atoms with van der Waals surface area (Å²) >= 11 is 6.17. The number of ether oxygens (including phenoxy) is 1. The van der Waals surface area contributed by atoms with Crippen LogP contribution >= 0.6 is 11.6 Å². The van der Waals surface area contributed by atoms with Crippen LogP contribution < -0.4 is 5.46 Å². The highest BCUT2D eigenvalue weighted by Gasteiger charge is 2.51. The van der Waals surface area contributed by atoms with Gasteiger partial charge in [-0.2, -0.15) is 0 Å². The minimum Gasteiger partial charge on any atom is -0.399 e. The molecule has 4 nitrogen and oxygen atoms in total. The van der Waals surface area contributed by atoms with Gasteiger partial charge in [-0.05, 0) is 58.1 Å². The summed E-state index contributed by atoms with van der Waals surface area (Å²) in [7, 11) is -0.421. The van der Waals surface area contributed by atoms with Crippen LogP contribution in [0.25, 0.3) is 0 Å². The van der Waals surface area contributed by atoms with Crippen molar-refractivity contribution in [2.24, 2.45) is 0 Å². The van der Waals surface area contributed by atoms with E-state index in [1.54, 1.807) is 0 Å². The maximum absolute atomic E-state index is 6.17. The minimum atomic E-state index is -0.421. The Hall–Kier alpha value is -0.615. The lowest BCUT2D eigenvalue weighted by molar-refractivity contribution is 0.00578. The summed E-state index contributed by atoms with van der Waals surface area (Å²) in [5.74, 6) is 0. The summed E-state index contributed by atoms with van der Waals surface area (Å²) in [5.41, 5.74) is 1.04. The van der Waals surface area contributed by atoms with Crippen LogP contribution in [0.1, 0.15) is 52.3 Å². The molecule has 0 aliphatic carbocycles. The summed E-state index contributed by atoms with van der Waals surface area (Å²) in [5, 5.41) is 0.452. The fourth-order valence-corrected chi connectivity index (χ4v) is 2.85. The number of hydrogen-bond donors (Lipinski definition) is 0. The van der Waals surface area contributed by atoms with Gasteiger partial charge in [0.05, 0.1) is 23.0 Å². The normalized spacial score (nSPS) is 27.3. The third-order valence-electron chi connectivity index (χ3n) is 4.62. The van der Waals surface area contributed by atoms with Crippen LogP contribution in [-0.4, -0.2) is 29.9 Å². The average Bonchev–Trinajstić information content (AvgIpc) is 2.96. The van der Waals surface area contributed by atoms with Crippen LogP contribution in [0.5, 0.6) is 0 Å². The third-order valence-corrected chi connectivity index (χ3v) is 4.81. The quantitative estimate of drug-likeness (QED) is 0.622. The van der Waals surface area contributed by atoms with Crippen molar-refractivity contribution in [2.45, 2.75) is 57.8 Å². The van der Waals surface area contributed by atoms with Gasteiger partial charge in [0.15, 0.2) is 0 Å². The van der Waals surface area contributed by atoms with E-state index in [-0.39, 0.29) is 17.3 Å². The van der Waals surface area contributed by atoms with Crippen LogP contribution in [-0.2, 0) is 14.0 Å². The fraction of sp³-hybridized carbons (Fsp3) is 0.667. The van der Waals surface area contributed by atoms with Crippen LogP contribution in [0.4, 0.5) is 0 Å². The first kappa shape index (κ1) is 15.3. The summed E-state index contributed by atoms with van der Waals surface area (Å²) in [6.45, 7) is 8.94. The largest absolute Gasteiger partial charge is 0.495 e. The van der Waals surface area contributed by atoms with Crippen molar-refractivity contribution in [1.82, 2.24) is 4.98 Å². The van der Waals surface area contributed by atoms with Crippen LogP contribution in [0.2, 0.25) is 5.15 Å². The predicted octanol–water partition coefficient (Wildman–Crippen LogP) is 2.89. The van der Waals surface area contributed by atoms with Gasteiger partial charge in [0, 0.05) is 6.61 Å². The molecular formula is C15H21BClNO3. The van der Waals surface area contributed by atoms with Gasteiger partial charge < -0.3 is 14.0 Å². The molecule has 1 atom stereocenters. The molecule has 2 saturated heterocycles. The molecule has 0 amide bonds. The van der Waals surface area contributed by atoms with Crippen molar-refractivity contribution in [1.29, 1.82) is 0 Å². The highest BCUT2D eigenvalue weighted by atomic mass is 35.5. The van der Waals surface area contributed by atoms with E-state index in [0.29, 0.717) is 5.15 Å². The molecule has 1 aromatic heterocycles. The van der Waals surface area contributed by atoms with E-state index in [2.05, 4.69) is 4.98 Å². The molecule has 1 aromatic rings. The van der Waals surface area contributed by atoms with E-state index in [1.807, 2.05) is 39.8 Å². The molecule has 114 valence electrons. The van der Waals surface area contributed by atoms with Gasteiger partial charge in [0.2, 0.25) is 0 Å². The van der Waals surface area contributed by atoms with Crippen molar-refractivity contribution in [2.75, 3.05) is 6.61 Å². The van der Waals surface area contributed by atoms with Gasteiger partial charge in [-0.1, -0.05) is 11.6 Å². The van der Waals surface area contributed by atoms with E-state index in [0.717, 1.165) is 30.6 Å².